The summed E-state index contributed by atoms with van der Waals surface area (Å²) in [6.07, 6.45) is 1.43. The second kappa shape index (κ2) is 6.73. The van der Waals surface area contributed by atoms with E-state index >= 15 is 0 Å². The number of amides is 1. The van der Waals surface area contributed by atoms with Crippen LogP contribution in [0.3, 0.4) is 0 Å². The van der Waals surface area contributed by atoms with Crippen molar-refractivity contribution in [2.75, 3.05) is 6.61 Å². The molecule has 1 heterocycles. The first kappa shape index (κ1) is 14.8. The first-order valence-electron chi connectivity index (χ1n) is 6.32. The van der Waals surface area contributed by atoms with Crippen molar-refractivity contribution in [3.63, 3.8) is 0 Å². The van der Waals surface area contributed by atoms with Crippen LogP contribution >= 0.6 is 0 Å². The first-order valence-corrected chi connectivity index (χ1v) is 6.32. The van der Waals surface area contributed by atoms with Crippen LogP contribution in [0.2, 0.25) is 0 Å². The predicted molar refractivity (Wildman–Crippen MR) is 75.0 cm³/mol. The molecule has 0 saturated heterocycles. The molecule has 0 atom stereocenters. The summed E-state index contributed by atoms with van der Waals surface area (Å²) in [5.74, 6) is 4.56. The summed E-state index contributed by atoms with van der Waals surface area (Å²) in [4.78, 5) is 11.9. The van der Waals surface area contributed by atoms with Crippen molar-refractivity contribution in [1.82, 2.24) is 5.32 Å². The van der Waals surface area contributed by atoms with Crippen LogP contribution in [0.15, 0.2) is 34.9 Å². The lowest BCUT2D eigenvalue weighted by Gasteiger charge is -2.06. The van der Waals surface area contributed by atoms with Crippen molar-refractivity contribution in [3.8, 4) is 11.8 Å². The van der Waals surface area contributed by atoms with Crippen molar-refractivity contribution in [3.05, 3.63) is 58.8 Å². The zero-order valence-corrected chi connectivity index (χ0v) is 11.4. The number of hydrogen-bond donors (Lipinski definition) is 2. The molecule has 1 amide bonds. The van der Waals surface area contributed by atoms with Gasteiger partial charge < -0.3 is 14.8 Å². The SMILES string of the molecule is Cc1ccoc1C(=O)NCc1cc(C#CCO)ccc1F. The predicted octanol–water partition coefficient (Wildman–Crippen LogP) is 2.00. The number of aliphatic hydroxyl groups is 1. The minimum atomic E-state index is -0.430. The lowest BCUT2D eigenvalue weighted by atomic mass is 10.1. The molecule has 108 valence electrons. The number of hydrogen-bond acceptors (Lipinski definition) is 3. The topological polar surface area (TPSA) is 62.5 Å². The highest BCUT2D eigenvalue weighted by Crippen LogP contribution is 2.12. The van der Waals surface area contributed by atoms with Gasteiger partial charge in [0.1, 0.15) is 12.4 Å². The van der Waals surface area contributed by atoms with E-state index in [0.717, 1.165) is 5.56 Å². The highest BCUT2D eigenvalue weighted by molar-refractivity contribution is 5.92. The van der Waals surface area contributed by atoms with E-state index in [0.29, 0.717) is 11.1 Å². The van der Waals surface area contributed by atoms with E-state index in [2.05, 4.69) is 17.2 Å². The number of carbonyl (C=O) groups excluding carboxylic acids is 1. The van der Waals surface area contributed by atoms with Gasteiger partial charge in [-0.15, -0.1) is 0 Å². The van der Waals surface area contributed by atoms with Crippen LogP contribution in [0.5, 0.6) is 0 Å². The molecule has 2 rings (SSSR count). The summed E-state index contributed by atoms with van der Waals surface area (Å²) in [7, 11) is 0. The standard InChI is InChI=1S/C16H14FNO3/c1-11-6-8-21-15(11)16(20)18-10-13-9-12(3-2-7-19)4-5-14(13)17/h4-6,8-9,19H,7,10H2,1H3,(H,18,20). The minimum Gasteiger partial charge on any atom is -0.459 e. The normalized spacial score (nSPS) is 9.86. The maximum atomic E-state index is 13.7. The Bertz CT molecular complexity index is 710. The molecule has 2 aromatic rings. The number of aliphatic hydroxyl groups excluding tert-OH is 1. The summed E-state index contributed by atoms with van der Waals surface area (Å²) >= 11 is 0. The number of nitrogens with one attached hydrogen (secondary N) is 1. The fourth-order valence-electron chi connectivity index (χ4n) is 1.79. The van der Waals surface area contributed by atoms with Gasteiger partial charge in [-0.3, -0.25) is 4.79 Å². The van der Waals surface area contributed by atoms with E-state index in [1.54, 1.807) is 13.0 Å². The molecule has 0 spiro atoms. The Morgan fingerprint density at radius 1 is 1.43 bits per heavy atom. The van der Waals surface area contributed by atoms with Gasteiger partial charge in [0, 0.05) is 23.2 Å². The number of benzene rings is 1. The third-order valence-electron chi connectivity index (χ3n) is 2.87. The summed E-state index contributed by atoms with van der Waals surface area (Å²) in [5.41, 5.74) is 1.61. The third-order valence-corrected chi connectivity index (χ3v) is 2.87. The molecule has 0 aliphatic heterocycles. The van der Waals surface area contributed by atoms with Crippen molar-refractivity contribution >= 4 is 5.91 Å². The maximum absolute atomic E-state index is 13.7. The monoisotopic (exact) mass is 287 g/mol. The Labute approximate surface area is 121 Å². The van der Waals surface area contributed by atoms with E-state index in [-0.39, 0.29) is 18.9 Å². The molecule has 2 N–H and O–H groups in total. The van der Waals surface area contributed by atoms with Crippen LogP contribution in [0.25, 0.3) is 0 Å². The van der Waals surface area contributed by atoms with Gasteiger partial charge >= 0.3 is 0 Å². The number of rotatable bonds is 3. The van der Waals surface area contributed by atoms with Gasteiger partial charge in [0.2, 0.25) is 0 Å². The van der Waals surface area contributed by atoms with Crippen LogP contribution < -0.4 is 5.32 Å². The molecule has 0 unspecified atom stereocenters. The van der Waals surface area contributed by atoms with Gasteiger partial charge in [0.15, 0.2) is 5.76 Å². The average molecular weight is 287 g/mol. The lowest BCUT2D eigenvalue weighted by Crippen LogP contribution is -2.23. The smallest absolute Gasteiger partial charge is 0.287 e. The van der Waals surface area contributed by atoms with E-state index in [9.17, 15) is 9.18 Å². The summed E-state index contributed by atoms with van der Waals surface area (Å²) in [5, 5.41) is 11.2. The fraction of sp³-hybridized carbons (Fsp3) is 0.188. The summed E-state index contributed by atoms with van der Waals surface area (Å²) in [6, 6.07) is 6.01. The van der Waals surface area contributed by atoms with Crippen LogP contribution in [0, 0.1) is 24.6 Å². The van der Waals surface area contributed by atoms with Crippen LogP contribution in [0.4, 0.5) is 4.39 Å². The zero-order valence-electron chi connectivity index (χ0n) is 11.4. The van der Waals surface area contributed by atoms with Crippen molar-refractivity contribution < 1.29 is 18.7 Å². The highest BCUT2D eigenvalue weighted by atomic mass is 19.1. The molecule has 5 heteroatoms. The molecule has 0 aliphatic carbocycles. The van der Waals surface area contributed by atoms with Gasteiger partial charge in [-0.2, -0.15) is 0 Å². The summed E-state index contributed by atoms with van der Waals surface area (Å²) < 4.78 is 18.8. The Hall–Kier alpha value is -2.58. The zero-order chi connectivity index (χ0) is 15.2. The molecule has 0 fully saturated rings. The van der Waals surface area contributed by atoms with Gasteiger partial charge in [0.25, 0.3) is 5.91 Å². The largest absolute Gasteiger partial charge is 0.459 e. The molecule has 1 aromatic heterocycles. The van der Waals surface area contributed by atoms with Crippen LogP contribution in [-0.4, -0.2) is 17.6 Å². The van der Waals surface area contributed by atoms with E-state index in [1.165, 1.54) is 24.5 Å². The third kappa shape index (κ3) is 3.71. The molecule has 1 aromatic carbocycles. The quantitative estimate of drug-likeness (QED) is 0.849. The first-order chi connectivity index (χ1) is 10.1. The molecule has 0 aliphatic rings. The second-order valence-electron chi connectivity index (χ2n) is 4.38. The van der Waals surface area contributed by atoms with Gasteiger partial charge in [0.05, 0.1) is 6.26 Å². The number of carbonyl (C=O) groups is 1. The maximum Gasteiger partial charge on any atom is 0.287 e. The van der Waals surface area contributed by atoms with Crippen molar-refractivity contribution in [1.29, 1.82) is 0 Å². The Balaban J connectivity index is 2.09. The molecule has 0 bridgehead atoms. The van der Waals surface area contributed by atoms with Gasteiger partial charge in [-0.05, 0) is 31.2 Å². The number of aryl methyl sites for hydroxylation is 1. The molecular weight excluding hydrogens is 273 g/mol. The Morgan fingerprint density at radius 2 is 2.24 bits per heavy atom. The molecule has 0 saturated carbocycles. The Kier molecular flexibility index (Phi) is 4.75. The van der Waals surface area contributed by atoms with Crippen molar-refractivity contribution in [2.24, 2.45) is 0 Å². The number of halogens is 1. The lowest BCUT2D eigenvalue weighted by molar-refractivity contribution is 0.0922. The van der Waals surface area contributed by atoms with Gasteiger partial charge in [-0.25, -0.2) is 4.39 Å². The summed E-state index contributed by atoms with van der Waals surface area (Å²) in [6.45, 7) is 1.52. The van der Waals surface area contributed by atoms with Crippen LogP contribution in [-0.2, 0) is 6.54 Å². The van der Waals surface area contributed by atoms with E-state index in [4.69, 9.17) is 9.52 Å². The molecular formula is C16H14FNO3. The number of furan rings is 1. The van der Waals surface area contributed by atoms with E-state index < -0.39 is 11.7 Å². The van der Waals surface area contributed by atoms with Crippen molar-refractivity contribution in [2.45, 2.75) is 13.5 Å². The molecule has 4 nitrogen and oxygen atoms in total. The molecule has 21 heavy (non-hydrogen) atoms. The van der Waals surface area contributed by atoms with E-state index in [1.807, 2.05) is 0 Å². The highest BCUT2D eigenvalue weighted by Gasteiger charge is 2.13. The minimum absolute atomic E-state index is 0.0272. The average Bonchev–Trinajstić information content (AvgIpc) is 2.91. The second-order valence-corrected chi connectivity index (χ2v) is 4.38. The molecule has 0 radical (unpaired) electrons. The van der Waals surface area contributed by atoms with Crippen LogP contribution in [0.1, 0.15) is 27.2 Å². The Morgan fingerprint density at radius 3 is 2.90 bits per heavy atom. The van der Waals surface area contributed by atoms with Gasteiger partial charge in [-0.1, -0.05) is 11.8 Å². The fourth-order valence-corrected chi connectivity index (χ4v) is 1.79.